The van der Waals surface area contributed by atoms with Gasteiger partial charge in [-0.15, -0.1) is 0 Å². The number of nitrogens with zero attached hydrogens (tertiary/aromatic N) is 1. The molecule has 0 saturated carbocycles. The van der Waals surface area contributed by atoms with Crippen LogP contribution in [0.1, 0.15) is 12.0 Å². The molecule has 94 valence electrons. The Morgan fingerprint density at radius 1 is 1.41 bits per heavy atom. The number of phenolic OH excluding ortho intramolecular Hbond substituents is 1. The van der Waals surface area contributed by atoms with Crippen LogP contribution in [0.5, 0.6) is 5.75 Å². The highest BCUT2D eigenvalue weighted by atomic mass is 16.6. The van der Waals surface area contributed by atoms with E-state index in [-0.39, 0.29) is 11.4 Å². The van der Waals surface area contributed by atoms with Crippen molar-refractivity contribution in [2.24, 2.45) is 5.73 Å². The van der Waals surface area contributed by atoms with Crippen molar-refractivity contribution < 1.29 is 10.0 Å². The van der Waals surface area contributed by atoms with Gasteiger partial charge in [-0.2, -0.15) is 0 Å². The van der Waals surface area contributed by atoms with Crippen LogP contribution in [0.3, 0.4) is 0 Å². The molecule has 0 fully saturated rings. The number of nitrogens with two attached hydrogens (primary N) is 1. The highest BCUT2D eigenvalue weighted by Crippen LogP contribution is 2.26. The molecule has 0 saturated heterocycles. The topological polar surface area (TPSA) is 101 Å². The predicted octanol–water partition coefficient (Wildman–Crippen LogP) is 0.781. The SMILES string of the molecule is NCCNCCCc1ccc([N+](=O)[O-])c(O)c1. The van der Waals surface area contributed by atoms with Crippen LogP contribution in [0.2, 0.25) is 0 Å². The van der Waals surface area contributed by atoms with Gasteiger partial charge in [-0.1, -0.05) is 6.07 Å². The van der Waals surface area contributed by atoms with Crippen LogP contribution >= 0.6 is 0 Å². The molecule has 0 radical (unpaired) electrons. The predicted molar refractivity (Wildman–Crippen MR) is 65.0 cm³/mol. The Labute approximate surface area is 99.6 Å². The van der Waals surface area contributed by atoms with E-state index < -0.39 is 4.92 Å². The maximum Gasteiger partial charge on any atom is 0.310 e. The number of nitro benzene ring substituents is 1. The quantitative estimate of drug-likeness (QED) is 0.371. The molecular weight excluding hydrogens is 222 g/mol. The summed E-state index contributed by atoms with van der Waals surface area (Å²) >= 11 is 0. The van der Waals surface area contributed by atoms with Crippen molar-refractivity contribution in [1.29, 1.82) is 0 Å². The van der Waals surface area contributed by atoms with Crippen molar-refractivity contribution in [3.8, 4) is 5.75 Å². The minimum atomic E-state index is -0.595. The summed E-state index contributed by atoms with van der Waals surface area (Å²) in [5.41, 5.74) is 5.96. The number of hydrogen-bond donors (Lipinski definition) is 3. The van der Waals surface area contributed by atoms with E-state index in [0.717, 1.165) is 31.5 Å². The van der Waals surface area contributed by atoms with Gasteiger partial charge >= 0.3 is 5.69 Å². The first-order valence-corrected chi connectivity index (χ1v) is 5.52. The lowest BCUT2D eigenvalue weighted by molar-refractivity contribution is -0.385. The van der Waals surface area contributed by atoms with Crippen LogP contribution in [-0.4, -0.2) is 29.7 Å². The van der Waals surface area contributed by atoms with Crippen molar-refractivity contribution in [1.82, 2.24) is 5.32 Å². The van der Waals surface area contributed by atoms with E-state index in [9.17, 15) is 15.2 Å². The smallest absolute Gasteiger partial charge is 0.310 e. The van der Waals surface area contributed by atoms with Crippen molar-refractivity contribution in [2.75, 3.05) is 19.6 Å². The van der Waals surface area contributed by atoms with E-state index in [1.165, 1.54) is 12.1 Å². The second-order valence-corrected chi connectivity index (χ2v) is 3.72. The van der Waals surface area contributed by atoms with Gasteiger partial charge in [0.05, 0.1) is 4.92 Å². The third-order valence-corrected chi connectivity index (χ3v) is 2.38. The number of aryl methyl sites for hydroxylation is 1. The van der Waals surface area contributed by atoms with E-state index in [4.69, 9.17) is 5.73 Å². The van der Waals surface area contributed by atoms with Crippen LogP contribution < -0.4 is 11.1 Å². The van der Waals surface area contributed by atoms with Crippen LogP contribution in [0.25, 0.3) is 0 Å². The van der Waals surface area contributed by atoms with Crippen LogP contribution in [-0.2, 0) is 6.42 Å². The molecule has 4 N–H and O–H groups in total. The highest BCUT2D eigenvalue weighted by molar-refractivity contribution is 5.47. The molecule has 0 aromatic heterocycles. The normalized spacial score (nSPS) is 10.4. The highest BCUT2D eigenvalue weighted by Gasteiger charge is 2.12. The molecule has 0 aliphatic carbocycles. The zero-order valence-corrected chi connectivity index (χ0v) is 9.56. The largest absolute Gasteiger partial charge is 0.502 e. The summed E-state index contributed by atoms with van der Waals surface area (Å²) in [6, 6.07) is 4.44. The fourth-order valence-electron chi connectivity index (χ4n) is 1.52. The summed E-state index contributed by atoms with van der Waals surface area (Å²) in [4.78, 5) is 9.89. The monoisotopic (exact) mass is 239 g/mol. The molecule has 6 heteroatoms. The van der Waals surface area contributed by atoms with Crippen molar-refractivity contribution in [3.63, 3.8) is 0 Å². The van der Waals surface area contributed by atoms with Crippen LogP contribution in [0.15, 0.2) is 18.2 Å². The molecule has 0 aliphatic heterocycles. The average molecular weight is 239 g/mol. The van der Waals surface area contributed by atoms with Crippen LogP contribution in [0.4, 0.5) is 5.69 Å². The summed E-state index contributed by atoms with van der Waals surface area (Å²) in [7, 11) is 0. The first kappa shape index (κ1) is 13.4. The molecule has 6 nitrogen and oxygen atoms in total. The molecule has 0 unspecified atom stereocenters. The van der Waals surface area contributed by atoms with Gasteiger partial charge in [0.2, 0.25) is 0 Å². The Balaban J connectivity index is 2.45. The number of benzene rings is 1. The summed E-state index contributed by atoms with van der Waals surface area (Å²) in [6.45, 7) is 2.23. The molecule has 1 aromatic carbocycles. The Hall–Kier alpha value is -1.66. The molecule has 0 atom stereocenters. The van der Waals surface area contributed by atoms with E-state index in [1.807, 2.05) is 0 Å². The zero-order valence-electron chi connectivity index (χ0n) is 9.56. The molecule has 0 amide bonds. The van der Waals surface area contributed by atoms with Crippen molar-refractivity contribution >= 4 is 5.69 Å². The number of aromatic hydroxyl groups is 1. The first-order chi connectivity index (χ1) is 8.15. The third kappa shape index (κ3) is 4.38. The lowest BCUT2D eigenvalue weighted by Gasteiger charge is -2.04. The van der Waals surface area contributed by atoms with Gasteiger partial charge < -0.3 is 16.2 Å². The van der Waals surface area contributed by atoms with Gasteiger partial charge in [0.15, 0.2) is 5.75 Å². The number of phenols is 1. The number of nitro groups is 1. The molecule has 0 spiro atoms. The molecule has 0 bridgehead atoms. The van der Waals surface area contributed by atoms with Gasteiger partial charge in [0.25, 0.3) is 0 Å². The Bertz CT molecular complexity index is 382. The van der Waals surface area contributed by atoms with Crippen molar-refractivity contribution in [3.05, 3.63) is 33.9 Å². The Morgan fingerprint density at radius 3 is 2.76 bits per heavy atom. The van der Waals surface area contributed by atoms with Gasteiger partial charge in [0, 0.05) is 19.2 Å². The third-order valence-electron chi connectivity index (χ3n) is 2.38. The molecule has 1 rings (SSSR count). The van der Waals surface area contributed by atoms with Gasteiger partial charge in [-0.05, 0) is 31.0 Å². The maximum atomic E-state index is 10.5. The van der Waals surface area contributed by atoms with Crippen LogP contribution in [0, 0.1) is 10.1 Å². The maximum absolute atomic E-state index is 10.5. The lowest BCUT2D eigenvalue weighted by Crippen LogP contribution is -2.23. The minimum absolute atomic E-state index is 0.255. The molecule has 0 aliphatic rings. The van der Waals surface area contributed by atoms with Crippen molar-refractivity contribution in [2.45, 2.75) is 12.8 Å². The summed E-state index contributed by atoms with van der Waals surface area (Å²) < 4.78 is 0. The van der Waals surface area contributed by atoms with E-state index in [2.05, 4.69) is 5.32 Å². The second-order valence-electron chi connectivity index (χ2n) is 3.72. The number of hydrogen-bond acceptors (Lipinski definition) is 5. The molecule has 0 heterocycles. The van der Waals surface area contributed by atoms with Gasteiger partial charge in [-0.3, -0.25) is 10.1 Å². The molecular formula is C11H17N3O3. The summed E-state index contributed by atoms with van der Waals surface area (Å²) in [5.74, 6) is -0.276. The fourth-order valence-corrected chi connectivity index (χ4v) is 1.52. The summed E-state index contributed by atoms with van der Waals surface area (Å²) in [6.07, 6.45) is 1.67. The number of rotatable bonds is 7. The minimum Gasteiger partial charge on any atom is -0.502 e. The lowest BCUT2D eigenvalue weighted by atomic mass is 10.1. The van der Waals surface area contributed by atoms with Gasteiger partial charge in [0.1, 0.15) is 0 Å². The zero-order chi connectivity index (χ0) is 12.7. The molecule has 17 heavy (non-hydrogen) atoms. The second kappa shape index (κ2) is 6.82. The summed E-state index contributed by atoms with van der Waals surface area (Å²) in [5, 5.41) is 23.1. The molecule has 1 aromatic rings. The number of nitrogens with one attached hydrogen (secondary N) is 1. The van der Waals surface area contributed by atoms with E-state index in [0.29, 0.717) is 6.54 Å². The standard InChI is InChI=1S/C11H17N3O3/c12-5-7-13-6-1-2-9-3-4-10(14(16)17)11(15)8-9/h3-4,8,13,15H,1-2,5-7,12H2. The average Bonchev–Trinajstić information content (AvgIpc) is 2.28. The van der Waals surface area contributed by atoms with E-state index >= 15 is 0 Å². The van der Waals surface area contributed by atoms with E-state index in [1.54, 1.807) is 6.07 Å². The van der Waals surface area contributed by atoms with Gasteiger partial charge in [-0.25, -0.2) is 0 Å². The first-order valence-electron chi connectivity index (χ1n) is 5.52. The Morgan fingerprint density at radius 2 is 2.18 bits per heavy atom. The Kier molecular flexibility index (Phi) is 5.38. The fraction of sp³-hybridized carbons (Fsp3) is 0.455.